The van der Waals surface area contributed by atoms with Gasteiger partial charge in [-0.05, 0) is 89.8 Å². The number of nitrogens with zero attached hydrogens (tertiary/aromatic N) is 2. The van der Waals surface area contributed by atoms with Crippen LogP contribution < -0.4 is 5.32 Å². The number of anilines is 1. The minimum Gasteiger partial charge on any atom is -0.452 e. The maximum atomic E-state index is 12.6. The number of esters is 1. The van der Waals surface area contributed by atoms with Crippen LogP contribution >= 0.6 is 15.9 Å². The number of carbonyl (C=O) groups is 2. The van der Waals surface area contributed by atoms with Gasteiger partial charge >= 0.3 is 5.97 Å². The van der Waals surface area contributed by atoms with Gasteiger partial charge in [0.1, 0.15) is 11.6 Å². The average Bonchev–Trinajstić information content (AvgIpc) is 3.45. The van der Waals surface area contributed by atoms with Crippen molar-refractivity contribution in [3.8, 4) is 16.9 Å². The van der Waals surface area contributed by atoms with Gasteiger partial charge in [0.15, 0.2) is 11.3 Å². The Balaban J connectivity index is 1.52. The van der Waals surface area contributed by atoms with Crippen molar-refractivity contribution in [3.05, 3.63) is 93.9 Å². The van der Waals surface area contributed by atoms with E-state index in [1.54, 1.807) is 16.8 Å². The molecule has 0 aliphatic carbocycles. The van der Waals surface area contributed by atoms with E-state index >= 15 is 0 Å². The van der Waals surface area contributed by atoms with Crippen molar-refractivity contribution in [1.29, 1.82) is 0 Å². The van der Waals surface area contributed by atoms with Crippen LogP contribution in [-0.2, 0) is 14.3 Å². The summed E-state index contributed by atoms with van der Waals surface area (Å²) in [6, 6.07) is 19.0. The van der Waals surface area contributed by atoms with Crippen LogP contribution in [0.4, 0.5) is 5.82 Å². The van der Waals surface area contributed by atoms with Crippen molar-refractivity contribution in [2.75, 3.05) is 11.9 Å². The summed E-state index contributed by atoms with van der Waals surface area (Å²) in [5.74, 6) is -0.177. The minimum absolute atomic E-state index is 0.441. The first-order valence-corrected chi connectivity index (χ1v) is 11.7. The molecule has 35 heavy (non-hydrogen) atoms. The molecule has 1 N–H and O–H groups in total. The zero-order valence-electron chi connectivity index (χ0n) is 19.5. The summed E-state index contributed by atoms with van der Waals surface area (Å²) in [6.07, 6.45) is 2.67. The largest absolute Gasteiger partial charge is 0.452 e. The molecule has 0 saturated heterocycles. The molecule has 178 valence electrons. The quantitative estimate of drug-likeness (QED) is 0.232. The van der Waals surface area contributed by atoms with E-state index in [-0.39, 0.29) is 0 Å². The van der Waals surface area contributed by atoms with Gasteiger partial charge in [-0.15, -0.1) is 0 Å². The molecule has 0 aliphatic heterocycles. The molecule has 0 fully saturated rings. The highest BCUT2D eigenvalue weighted by atomic mass is 79.9. The third kappa shape index (κ3) is 5.96. The number of aromatic nitrogens is 2. The first kappa shape index (κ1) is 24.2. The molecule has 0 spiro atoms. The van der Waals surface area contributed by atoms with Crippen molar-refractivity contribution >= 4 is 39.7 Å². The molecule has 8 heteroatoms. The van der Waals surface area contributed by atoms with Crippen LogP contribution in [0.5, 0.6) is 0 Å². The minimum atomic E-state index is -0.657. The van der Waals surface area contributed by atoms with Gasteiger partial charge < -0.3 is 14.5 Å². The van der Waals surface area contributed by atoms with Crippen LogP contribution in [0.15, 0.2) is 75.8 Å². The third-order valence-corrected chi connectivity index (χ3v) is 5.84. The molecular formula is C27H24BrN3O4. The van der Waals surface area contributed by atoms with E-state index in [1.807, 2.05) is 43.3 Å². The van der Waals surface area contributed by atoms with Crippen LogP contribution in [0.25, 0.3) is 23.0 Å². The number of hydrogen-bond donors (Lipinski definition) is 1. The fourth-order valence-corrected chi connectivity index (χ4v) is 3.86. The second kappa shape index (κ2) is 10.6. The van der Waals surface area contributed by atoms with E-state index in [9.17, 15) is 9.59 Å². The van der Waals surface area contributed by atoms with Crippen molar-refractivity contribution in [3.63, 3.8) is 0 Å². The predicted molar refractivity (Wildman–Crippen MR) is 138 cm³/mol. The van der Waals surface area contributed by atoms with E-state index in [0.717, 1.165) is 28.1 Å². The summed E-state index contributed by atoms with van der Waals surface area (Å²) >= 11 is 3.19. The SMILES string of the molecule is Cc1cc(C)c(-c2cc(NC(=O)COC(=O)C=Cc3ccc(Br)o3)n(-c3ccccc3)n2)cc1C. The van der Waals surface area contributed by atoms with E-state index < -0.39 is 18.5 Å². The molecular weight excluding hydrogens is 510 g/mol. The fourth-order valence-electron chi connectivity index (χ4n) is 3.54. The smallest absolute Gasteiger partial charge is 0.331 e. The lowest BCUT2D eigenvalue weighted by molar-refractivity contribution is -0.142. The molecule has 0 bridgehead atoms. The molecule has 0 saturated carbocycles. The number of carbonyl (C=O) groups excluding carboxylic acids is 2. The Labute approximate surface area is 211 Å². The maximum Gasteiger partial charge on any atom is 0.331 e. The van der Waals surface area contributed by atoms with E-state index in [0.29, 0.717) is 16.2 Å². The summed E-state index contributed by atoms with van der Waals surface area (Å²) in [5, 5.41) is 7.58. The van der Waals surface area contributed by atoms with Gasteiger partial charge in [-0.1, -0.05) is 24.3 Å². The van der Waals surface area contributed by atoms with Crippen LogP contribution in [0, 0.1) is 20.8 Å². The van der Waals surface area contributed by atoms with Gasteiger partial charge in [-0.2, -0.15) is 5.10 Å². The highest BCUT2D eigenvalue weighted by Gasteiger charge is 2.16. The number of ether oxygens (including phenoxy) is 1. The standard InChI is InChI=1S/C27H24BrN3O4/c1-17-13-19(3)22(14-18(17)2)23-15-25(31(30-23)20-7-5-4-6-8-20)29-26(32)16-34-27(33)12-10-21-9-11-24(28)35-21/h4-15H,16H2,1-3H3,(H,29,32). The van der Waals surface area contributed by atoms with Gasteiger partial charge in [0, 0.05) is 17.7 Å². The van der Waals surface area contributed by atoms with Crippen molar-refractivity contribution in [1.82, 2.24) is 9.78 Å². The lowest BCUT2D eigenvalue weighted by Gasteiger charge is -2.09. The number of benzene rings is 2. The van der Waals surface area contributed by atoms with Crippen LogP contribution in [-0.4, -0.2) is 28.3 Å². The van der Waals surface area contributed by atoms with Crippen molar-refractivity contribution in [2.24, 2.45) is 0 Å². The number of halogens is 1. The molecule has 1 amide bonds. The Morgan fingerprint density at radius 1 is 1.03 bits per heavy atom. The zero-order chi connectivity index (χ0) is 24.9. The summed E-state index contributed by atoms with van der Waals surface area (Å²) < 4.78 is 12.6. The van der Waals surface area contributed by atoms with Gasteiger partial charge in [0.05, 0.1) is 11.4 Å². The summed E-state index contributed by atoms with van der Waals surface area (Å²) in [4.78, 5) is 24.6. The molecule has 4 aromatic rings. The maximum absolute atomic E-state index is 12.6. The Hall–Kier alpha value is -3.91. The molecule has 0 unspecified atom stereocenters. The Morgan fingerprint density at radius 3 is 2.49 bits per heavy atom. The number of amides is 1. The number of para-hydroxylation sites is 1. The Bertz CT molecular complexity index is 1400. The highest BCUT2D eigenvalue weighted by Crippen LogP contribution is 2.29. The summed E-state index contributed by atoms with van der Waals surface area (Å²) in [5.41, 5.74) is 5.96. The number of rotatable bonds is 7. The van der Waals surface area contributed by atoms with Crippen LogP contribution in [0.2, 0.25) is 0 Å². The molecule has 2 aromatic carbocycles. The number of furan rings is 1. The van der Waals surface area contributed by atoms with Gasteiger partial charge in [0.2, 0.25) is 0 Å². The number of aryl methyl sites for hydroxylation is 3. The zero-order valence-corrected chi connectivity index (χ0v) is 21.1. The van der Waals surface area contributed by atoms with Crippen LogP contribution in [0.3, 0.4) is 0 Å². The second-order valence-electron chi connectivity index (χ2n) is 8.04. The molecule has 0 radical (unpaired) electrons. The number of nitrogens with one attached hydrogen (secondary N) is 1. The number of hydrogen-bond acceptors (Lipinski definition) is 5. The van der Waals surface area contributed by atoms with Crippen molar-refractivity contribution < 1.29 is 18.7 Å². The summed E-state index contributed by atoms with van der Waals surface area (Å²) in [7, 11) is 0. The van der Waals surface area contributed by atoms with Crippen molar-refractivity contribution in [2.45, 2.75) is 20.8 Å². The second-order valence-corrected chi connectivity index (χ2v) is 8.83. The van der Waals surface area contributed by atoms with E-state index in [4.69, 9.17) is 14.3 Å². The highest BCUT2D eigenvalue weighted by molar-refractivity contribution is 9.10. The monoisotopic (exact) mass is 533 g/mol. The molecule has 0 aliphatic rings. The first-order chi connectivity index (χ1) is 16.8. The normalized spacial score (nSPS) is 11.1. The average molecular weight is 534 g/mol. The van der Waals surface area contributed by atoms with Gasteiger partial charge in [-0.25, -0.2) is 9.48 Å². The molecule has 2 heterocycles. The Kier molecular flexibility index (Phi) is 7.31. The Morgan fingerprint density at radius 2 is 1.77 bits per heavy atom. The molecule has 4 rings (SSSR count). The first-order valence-electron chi connectivity index (χ1n) is 10.9. The third-order valence-electron chi connectivity index (χ3n) is 5.42. The summed E-state index contributed by atoms with van der Waals surface area (Å²) in [6.45, 7) is 5.73. The predicted octanol–water partition coefficient (Wildman–Crippen LogP) is 6.02. The lowest BCUT2D eigenvalue weighted by Crippen LogP contribution is -2.21. The van der Waals surface area contributed by atoms with Gasteiger partial charge in [0.25, 0.3) is 5.91 Å². The van der Waals surface area contributed by atoms with Crippen LogP contribution in [0.1, 0.15) is 22.5 Å². The lowest BCUT2D eigenvalue weighted by atomic mass is 9.99. The van der Waals surface area contributed by atoms with E-state index in [1.165, 1.54) is 17.7 Å². The topological polar surface area (TPSA) is 86.4 Å². The molecule has 2 aromatic heterocycles. The molecule has 0 atom stereocenters. The van der Waals surface area contributed by atoms with Gasteiger partial charge in [-0.3, -0.25) is 4.79 Å². The molecule has 7 nitrogen and oxygen atoms in total. The fraction of sp³-hybridized carbons (Fsp3) is 0.148. The van der Waals surface area contributed by atoms with E-state index in [2.05, 4.69) is 47.2 Å².